The van der Waals surface area contributed by atoms with Crippen molar-refractivity contribution in [2.24, 2.45) is 0 Å². The van der Waals surface area contributed by atoms with E-state index in [1.54, 1.807) is 0 Å². The van der Waals surface area contributed by atoms with Crippen LogP contribution in [0.1, 0.15) is 6.42 Å². The Bertz CT molecular complexity index is 350. The van der Waals surface area contributed by atoms with Crippen molar-refractivity contribution in [3.63, 3.8) is 0 Å². The summed E-state index contributed by atoms with van der Waals surface area (Å²) < 4.78 is 12.4. The fraction of sp³-hybridized carbons (Fsp3) is 0.111. The standard InChI is InChI=1S/C9H7ClFNO2/c10-8(13)5-9(14)12-7-3-1-6(11)2-4-7/h1-4H,5H2,(H,12,14). The van der Waals surface area contributed by atoms with E-state index in [0.717, 1.165) is 0 Å². The predicted molar refractivity (Wildman–Crippen MR) is 50.5 cm³/mol. The highest BCUT2D eigenvalue weighted by atomic mass is 35.5. The number of rotatable bonds is 3. The Balaban J connectivity index is 2.56. The van der Waals surface area contributed by atoms with Gasteiger partial charge in [-0.2, -0.15) is 0 Å². The summed E-state index contributed by atoms with van der Waals surface area (Å²) in [6.45, 7) is 0. The highest BCUT2D eigenvalue weighted by Crippen LogP contribution is 2.08. The molecule has 0 aromatic heterocycles. The molecule has 0 spiro atoms. The first-order chi connectivity index (χ1) is 6.58. The summed E-state index contributed by atoms with van der Waals surface area (Å²) in [6, 6.07) is 5.20. The van der Waals surface area contributed by atoms with Gasteiger partial charge in [-0.3, -0.25) is 9.59 Å². The second kappa shape index (κ2) is 4.72. The third kappa shape index (κ3) is 3.53. The summed E-state index contributed by atoms with van der Waals surface area (Å²) in [5, 5.41) is 1.66. The highest BCUT2D eigenvalue weighted by molar-refractivity contribution is 6.65. The van der Waals surface area contributed by atoms with Crippen LogP contribution in [0.2, 0.25) is 0 Å². The van der Waals surface area contributed by atoms with Crippen LogP contribution in [-0.4, -0.2) is 11.1 Å². The number of carbonyl (C=O) groups excluding carboxylic acids is 2. The number of hydrogen-bond acceptors (Lipinski definition) is 2. The number of benzene rings is 1. The molecule has 0 saturated carbocycles. The Morgan fingerprint density at radius 3 is 2.36 bits per heavy atom. The summed E-state index contributed by atoms with van der Waals surface area (Å²) in [6.07, 6.45) is -0.390. The molecule has 1 aromatic rings. The Hall–Kier alpha value is -1.42. The molecular formula is C9H7ClFNO2. The minimum Gasteiger partial charge on any atom is -0.326 e. The van der Waals surface area contributed by atoms with Gasteiger partial charge in [0.1, 0.15) is 12.2 Å². The van der Waals surface area contributed by atoms with Gasteiger partial charge in [0.05, 0.1) is 0 Å². The van der Waals surface area contributed by atoms with Gasteiger partial charge >= 0.3 is 0 Å². The lowest BCUT2D eigenvalue weighted by Crippen LogP contribution is -2.13. The molecule has 1 amide bonds. The molecular weight excluding hydrogens is 209 g/mol. The molecule has 0 fully saturated rings. The molecule has 14 heavy (non-hydrogen) atoms. The maximum atomic E-state index is 12.4. The van der Waals surface area contributed by atoms with Crippen LogP contribution in [-0.2, 0) is 9.59 Å². The van der Waals surface area contributed by atoms with Gasteiger partial charge in [0, 0.05) is 5.69 Å². The lowest BCUT2D eigenvalue weighted by molar-refractivity contribution is -0.121. The van der Waals surface area contributed by atoms with Gasteiger partial charge in [-0.05, 0) is 35.9 Å². The van der Waals surface area contributed by atoms with Crippen LogP contribution >= 0.6 is 11.6 Å². The van der Waals surface area contributed by atoms with Crippen LogP contribution < -0.4 is 5.32 Å². The van der Waals surface area contributed by atoms with Gasteiger partial charge in [-0.1, -0.05) is 0 Å². The monoisotopic (exact) mass is 215 g/mol. The van der Waals surface area contributed by atoms with Crippen molar-refractivity contribution in [2.75, 3.05) is 5.32 Å². The molecule has 0 aliphatic heterocycles. The summed E-state index contributed by atoms with van der Waals surface area (Å²) in [5.74, 6) is -0.909. The van der Waals surface area contributed by atoms with Crippen LogP contribution in [0.25, 0.3) is 0 Å². The first-order valence-electron chi connectivity index (χ1n) is 3.81. The van der Waals surface area contributed by atoms with Crippen molar-refractivity contribution in [3.8, 4) is 0 Å². The summed E-state index contributed by atoms with van der Waals surface area (Å²) in [5.41, 5.74) is 0.425. The van der Waals surface area contributed by atoms with E-state index in [9.17, 15) is 14.0 Å². The van der Waals surface area contributed by atoms with Gasteiger partial charge < -0.3 is 5.32 Å². The summed E-state index contributed by atoms with van der Waals surface area (Å²) >= 11 is 5.00. The van der Waals surface area contributed by atoms with E-state index in [0.29, 0.717) is 5.69 Å². The average Bonchev–Trinajstić information content (AvgIpc) is 2.07. The third-order valence-corrected chi connectivity index (χ3v) is 1.56. The average molecular weight is 216 g/mol. The molecule has 0 aliphatic carbocycles. The quantitative estimate of drug-likeness (QED) is 0.619. The Labute approximate surface area is 84.9 Å². The first kappa shape index (κ1) is 10.7. The molecule has 1 aromatic carbocycles. The van der Waals surface area contributed by atoms with Crippen molar-refractivity contribution >= 4 is 28.4 Å². The number of amides is 1. The van der Waals surface area contributed by atoms with Gasteiger partial charge in [0.2, 0.25) is 11.1 Å². The minimum atomic E-state index is -0.732. The lowest BCUT2D eigenvalue weighted by Gasteiger charge is -2.02. The van der Waals surface area contributed by atoms with Crippen LogP contribution in [0.3, 0.4) is 0 Å². The molecule has 0 atom stereocenters. The number of hydrogen-bond donors (Lipinski definition) is 1. The van der Waals surface area contributed by atoms with Crippen molar-refractivity contribution in [1.29, 1.82) is 0 Å². The molecule has 3 nitrogen and oxygen atoms in total. The van der Waals surface area contributed by atoms with E-state index in [1.807, 2.05) is 0 Å². The SMILES string of the molecule is O=C(Cl)CC(=O)Nc1ccc(F)cc1. The van der Waals surface area contributed by atoms with Crippen LogP contribution in [0, 0.1) is 5.82 Å². The molecule has 0 radical (unpaired) electrons. The number of nitrogens with one attached hydrogen (secondary N) is 1. The Morgan fingerprint density at radius 1 is 1.29 bits per heavy atom. The van der Waals surface area contributed by atoms with E-state index in [4.69, 9.17) is 11.6 Å². The maximum Gasteiger partial charge on any atom is 0.233 e. The van der Waals surface area contributed by atoms with Crippen LogP contribution in [0.4, 0.5) is 10.1 Å². The molecule has 5 heteroatoms. The molecule has 74 valence electrons. The van der Waals surface area contributed by atoms with Crippen LogP contribution in [0.5, 0.6) is 0 Å². The molecule has 1 rings (SSSR count). The van der Waals surface area contributed by atoms with Gasteiger partial charge in [0.25, 0.3) is 0 Å². The third-order valence-electron chi connectivity index (χ3n) is 1.43. The molecule has 0 bridgehead atoms. The highest BCUT2D eigenvalue weighted by Gasteiger charge is 2.06. The Kier molecular flexibility index (Phi) is 3.59. The normalized spacial score (nSPS) is 9.57. The predicted octanol–water partition coefficient (Wildman–Crippen LogP) is 1.92. The second-order valence-electron chi connectivity index (χ2n) is 2.59. The number of anilines is 1. The molecule has 0 heterocycles. The topological polar surface area (TPSA) is 46.2 Å². The molecule has 0 unspecified atom stereocenters. The second-order valence-corrected chi connectivity index (χ2v) is 3.01. The fourth-order valence-electron chi connectivity index (χ4n) is 0.865. The van der Waals surface area contributed by atoms with E-state index in [-0.39, 0.29) is 6.42 Å². The van der Waals surface area contributed by atoms with Gasteiger partial charge in [-0.25, -0.2) is 4.39 Å². The van der Waals surface area contributed by atoms with E-state index < -0.39 is 17.0 Å². The number of halogens is 2. The largest absolute Gasteiger partial charge is 0.326 e. The lowest BCUT2D eigenvalue weighted by atomic mass is 10.3. The van der Waals surface area contributed by atoms with Crippen molar-refractivity contribution in [1.82, 2.24) is 0 Å². The van der Waals surface area contributed by atoms with E-state index >= 15 is 0 Å². The zero-order valence-corrected chi connectivity index (χ0v) is 7.84. The van der Waals surface area contributed by atoms with Gasteiger partial charge in [-0.15, -0.1) is 0 Å². The van der Waals surface area contributed by atoms with E-state index in [1.165, 1.54) is 24.3 Å². The summed E-state index contributed by atoms with van der Waals surface area (Å²) in [4.78, 5) is 21.3. The first-order valence-corrected chi connectivity index (χ1v) is 4.19. The Morgan fingerprint density at radius 2 is 1.86 bits per heavy atom. The number of carbonyl (C=O) groups is 2. The smallest absolute Gasteiger partial charge is 0.233 e. The van der Waals surface area contributed by atoms with Crippen molar-refractivity contribution in [2.45, 2.75) is 6.42 Å². The van der Waals surface area contributed by atoms with Crippen molar-refractivity contribution < 1.29 is 14.0 Å². The fourth-order valence-corrected chi connectivity index (χ4v) is 0.986. The molecule has 0 aliphatic rings. The maximum absolute atomic E-state index is 12.4. The minimum absolute atomic E-state index is 0.390. The molecule has 1 N–H and O–H groups in total. The van der Waals surface area contributed by atoms with Gasteiger partial charge in [0.15, 0.2) is 0 Å². The zero-order valence-electron chi connectivity index (χ0n) is 7.09. The zero-order chi connectivity index (χ0) is 10.6. The summed E-state index contributed by atoms with van der Waals surface area (Å²) in [7, 11) is 0. The van der Waals surface area contributed by atoms with Crippen LogP contribution in [0.15, 0.2) is 24.3 Å². The van der Waals surface area contributed by atoms with Crippen molar-refractivity contribution in [3.05, 3.63) is 30.1 Å². The molecule has 0 saturated heterocycles. The van der Waals surface area contributed by atoms with E-state index in [2.05, 4.69) is 5.32 Å².